The zero-order valence-corrected chi connectivity index (χ0v) is 10.0. The summed E-state index contributed by atoms with van der Waals surface area (Å²) in [5, 5.41) is 0. The van der Waals surface area contributed by atoms with E-state index in [1.54, 1.807) is 23.9 Å². The molecule has 0 heterocycles. The van der Waals surface area contributed by atoms with Crippen LogP contribution < -0.4 is 0 Å². The zero-order valence-electron chi connectivity index (χ0n) is 9.20. The van der Waals surface area contributed by atoms with Crippen molar-refractivity contribution in [3.05, 3.63) is 35.6 Å². The van der Waals surface area contributed by atoms with Gasteiger partial charge >= 0.3 is 0 Å². The van der Waals surface area contributed by atoms with E-state index in [1.807, 2.05) is 19.9 Å². The van der Waals surface area contributed by atoms with Crippen molar-refractivity contribution in [1.82, 2.24) is 0 Å². The van der Waals surface area contributed by atoms with Crippen molar-refractivity contribution >= 4 is 11.8 Å². The molecule has 1 aromatic rings. The Morgan fingerprint density at radius 2 is 2.20 bits per heavy atom. The van der Waals surface area contributed by atoms with E-state index < -0.39 is 0 Å². The number of hydrogen-bond donors (Lipinski definition) is 0. The molecule has 0 N–H and O–H groups in total. The summed E-state index contributed by atoms with van der Waals surface area (Å²) in [4.78, 5) is 0. The quantitative estimate of drug-likeness (QED) is 0.689. The van der Waals surface area contributed by atoms with Gasteiger partial charge in [-0.3, -0.25) is 0 Å². The van der Waals surface area contributed by atoms with Gasteiger partial charge in [-0.25, -0.2) is 4.39 Å². The lowest BCUT2D eigenvalue weighted by atomic mass is 10.2. The van der Waals surface area contributed by atoms with Gasteiger partial charge in [-0.05, 0) is 31.5 Å². The number of rotatable bonds is 6. The summed E-state index contributed by atoms with van der Waals surface area (Å²) >= 11 is 1.77. The van der Waals surface area contributed by atoms with Crippen LogP contribution in [0, 0.1) is 5.82 Å². The lowest BCUT2D eigenvalue weighted by molar-refractivity contribution is 0.0920. The minimum Gasteiger partial charge on any atom is -0.378 e. The van der Waals surface area contributed by atoms with Gasteiger partial charge in [0.25, 0.3) is 0 Å². The van der Waals surface area contributed by atoms with Gasteiger partial charge in [0.2, 0.25) is 0 Å². The fourth-order valence-electron chi connectivity index (χ4n) is 1.16. The van der Waals surface area contributed by atoms with Gasteiger partial charge in [0.15, 0.2) is 0 Å². The van der Waals surface area contributed by atoms with Gasteiger partial charge in [-0.1, -0.05) is 12.1 Å². The summed E-state index contributed by atoms with van der Waals surface area (Å²) in [5.74, 6) is 1.64. The molecule has 0 aromatic heterocycles. The van der Waals surface area contributed by atoms with E-state index in [4.69, 9.17) is 4.74 Å². The molecule has 0 unspecified atom stereocenters. The van der Waals surface area contributed by atoms with Crippen LogP contribution in [0.4, 0.5) is 4.39 Å². The van der Waals surface area contributed by atoms with Crippen LogP contribution in [0.2, 0.25) is 0 Å². The Labute approximate surface area is 95.0 Å². The first-order chi connectivity index (χ1) is 7.18. The highest BCUT2D eigenvalue weighted by Gasteiger charge is 1.97. The van der Waals surface area contributed by atoms with Gasteiger partial charge in [-0.2, -0.15) is 11.8 Å². The molecule has 0 saturated heterocycles. The molecule has 0 bridgehead atoms. The predicted octanol–water partition coefficient (Wildman–Crippen LogP) is 3.48. The highest BCUT2D eigenvalue weighted by Crippen LogP contribution is 2.13. The maximum Gasteiger partial charge on any atom is 0.123 e. The zero-order chi connectivity index (χ0) is 11.1. The number of halogens is 1. The molecule has 0 atom stereocenters. The fraction of sp³-hybridized carbons (Fsp3) is 0.500. The van der Waals surface area contributed by atoms with E-state index in [1.165, 1.54) is 6.07 Å². The third kappa shape index (κ3) is 5.80. The summed E-state index contributed by atoms with van der Waals surface area (Å²) in [6, 6.07) is 6.74. The summed E-state index contributed by atoms with van der Waals surface area (Å²) in [7, 11) is 0. The van der Waals surface area contributed by atoms with Crippen LogP contribution in [0.5, 0.6) is 0 Å². The maximum atomic E-state index is 12.8. The van der Waals surface area contributed by atoms with E-state index in [2.05, 4.69) is 0 Å². The maximum absolute atomic E-state index is 12.8. The third-order valence-electron chi connectivity index (χ3n) is 1.84. The van der Waals surface area contributed by atoms with Crippen LogP contribution in [0.25, 0.3) is 0 Å². The first kappa shape index (κ1) is 12.5. The average Bonchev–Trinajstić information content (AvgIpc) is 2.17. The smallest absolute Gasteiger partial charge is 0.123 e. The van der Waals surface area contributed by atoms with Gasteiger partial charge in [0.1, 0.15) is 5.82 Å². The lowest BCUT2D eigenvalue weighted by Crippen LogP contribution is -2.05. The molecule has 1 aromatic carbocycles. The average molecular weight is 228 g/mol. The first-order valence-electron chi connectivity index (χ1n) is 5.12. The van der Waals surface area contributed by atoms with Gasteiger partial charge < -0.3 is 4.74 Å². The SMILES string of the molecule is CC(C)OCCSCc1cccc(F)c1. The van der Waals surface area contributed by atoms with Gasteiger partial charge in [0.05, 0.1) is 12.7 Å². The Bertz CT molecular complexity index is 289. The monoisotopic (exact) mass is 228 g/mol. The summed E-state index contributed by atoms with van der Waals surface area (Å²) in [6.45, 7) is 4.81. The minimum atomic E-state index is -0.161. The van der Waals surface area contributed by atoms with Crippen LogP contribution >= 0.6 is 11.8 Å². The first-order valence-corrected chi connectivity index (χ1v) is 6.28. The predicted molar refractivity (Wildman–Crippen MR) is 63.7 cm³/mol. The Morgan fingerprint density at radius 3 is 2.87 bits per heavy atom. The molecule has 0 aliphatic rings. The summed E-state index contributed by atoms with van der Waals surface area (Å²) in [6.07, 6.45) is 0.291. The van der Waals surface area contributed by atoms with E-state index in [9.17, 15) is 4.39 Å². The molecule has 0 amide bonds. The number of benzene rings is 1. The van der Waals surface area contributed by atoms with Crippen LogP contribution in [0.1, 0.15) is 19.4 Å². The topological polar surface area (TPSA) is 9.23 Å². The van der Waals surface area contributed by atoms with E-state index in [0.29, 0.717) is 6.10 Å². The van der Waals surface area contributed by atoms with E-state index in [-0.39, 0.29) is 5.82 Å². The number of ether oxygens (including phenoxy) is 1. The van der Waals surface area contributed by atoms with Crippen molar-refractivity contribution in [1.29, 1.82) is 0 Å². The number of thioether (sulfide) groups is 1. The molecule has 1 rings (SSSR count). The second-order valence-corrected chi connectivity index (χ2v) is 4.71. The van der Waals surface area contributed by atoms with E-state index in [0.717, 1.165) is 23.7 Å². The summed E-state index contributed by atoms with van der Waals surface area (Å²) in [5.41, 5.74) is 1.03. The van der Waals surface area contributed by atoms with Crippen molar-refractivity contribution < 1.29 is 9.13 Å². The Hall–Kier alpha value is -0.540. The molecule has 0 fully saturated rings. The Kier molecular flexibility index (Phi) is 5.73. The minimum absolute atomic E-state index is 0.161. The molecule has 15 heavy (non-hydrogen) atoms. The lowest BCUT2D eigenvalue weighted by Gasteiger charge is -2.06. The molecule has 0 radical (unpaired) electrons. The van der Waals surface area contributed by atoms with Gasteiger partial charge in [0, 0.05) is 11.5 Å². The Balaban J connectivity index is 2.15. The molecule has 0 saturated carbocycles. The van der Waals surface area contributed by atoms with Gasteiger partial charge in [-0.15, -0.1) is 0 Å². The molecule has 1 nitrogen and oxygen atoms in total. The second kappa shape index (κ2) is 6.85. The van der Waals surface area contributed by atoms with Crippen LogP contribution in [0.3, 0.4) is 0 Å². The van der Waals surface area contributed by atoms with Crippen LogP contribution in [0.15, 0.2) is 24.3 Å². The standard InChI is InChI=1S/C12H17FOS/c1-10(2)14-6-7-15-9-11-4-3-5-12(13)8-11/h3-5,8,10H,6-7,9H2,1-2H3. The second-order valence-electron chi connectivity index (χ2n) is 3.60. The molecule has 0 spiro atoms. The largest absolute Gasteiger partial charge is 0.378 e. The van der Waals surface area contributed by atoms with E-state index >= 15 is 0 Å². The molecular weight excluding hydrogens is 211 g/mol. The highest BCUT2D eigenvalue weighted by atomic mass is 32.2. The van der Waals surface area contributed by atoms with Crippen molar-refractivity contribution in [3.8, 4) is 0 Å². The molecule has 84 valence electrons. The van der Waals surface area contributed by atoms with Crippen molar-refractivity contribution in [2.75, 3.05) is 12.4 Å². The van der Waals surface area contributed by atoms with Crippen LogP contribution in [-0.2, 0) is 10.5 Å². The fourth-order valence-corrected chi connectivity index (χ4v) is 1.93. The molecule has 0 aliphatic heterocycles. The van der Waals surface area contributed by atoms with Crippen molar-refractivity contribution in [2.24, 2.45) is 0 Å². The molecular formula is C12H17FOS. The van der Waals surface area contributed by atoms with Crippen molar-refractivity contribution in [2.45, 2.75) is 25.7 Å². The number of hydrogen-bond acceptors (Lipinski definition) is 2. The normalized spacial score (nSPS) is 10.9. The highest BCUT2D eigenvalue weighted by molar-refractivity contribution is 7.98. The van der Waals surface area contributed by atoms with Crippen molar-refractivity contribution in [3.63, 3.8) is 0 Å². The third-order valence-corrected chi connectivity index (χ3v) is 2.83. The Morgan fingerprint density at radius 1 is 1.40 bits per heavy atom. The summed E-state index contributed by atoms with van der Waals surface area (Å²) < 4.78 is 18.2. The molecule has 3 heteroatoms. The van der Waals surface area contributed by atoms with Crippen LogP contribution in [-0.4, -0.2) is 18.5 Å². The molecule has 0 aliphatic carbocycles.